The smallest absolute Gasteiger partial charge is 0.319 e. The van der Waals surface area contributed by atoms with Crippen molar-refractivity contribution in [3.05, 3.63) is 59.1 Å². The third kappa shape index (κ3) is 4.47. The van der Waals surface area contributed by atoms with Gasteiger partial charge in [-0.15, -0.1) is 0 Å². The van der Waals surface area contributed by atoms with E-state index in [1.165, 1.54) is 0 Å². The highest BCUT2D eigenvalue weighted by molar-refractivity contribution is 6.31. The van der Waals surface area contributed by atoms with Gasteiger partial charge in [-0.3, -0.25) is 4.79 Å². The number of carbonyl (C=O) groups is 2. The molecule has 6 heteroatoms. The van der Waals surface area contributed by atoms with Crippen LogP contribution < -0.4 is 16.0 Å². The molecule has 0 aliphatic heterocycles. The molecule has 1 saturated carbocycles. The maximum absolute atomic E-state index is 12.2. The van der Waals surface area contributed by atoms with Crippen molar-refractivity contribution in [3.8, 4) is 0 Å². The van der Waals surface area contributed by atoms with E-state index in [-0.39, 0.29) is 11.9 Å². The fraction of sp³-hybridized carbons (Fsp3) is 0.176. The van der Waals surface area contributed by atoms with Gasteiger partial charge in [0.1, 0.15) is 0 Å². The Morgan fingerprint density at radius 1 is 0.957 bits per heavy atom. The minimum atomic E-state index is -0.235. The van der Waals surface area contributed by atoms with Gasteiger partial charge in [-0.05, 0) is 55.3 Å². The number of anilines is 2. The molecule has 0 heterocycles. The second-order valence-corrected chi connectivity index (χ2v) is 5.85. The number of carbonyl (C=O) groups excluding carboxylic acids is 2. The summed E-state index contributed by atoms with van der Waals surface area (Å²) in [5.41, 5.74) is 1.77. The van der Waals surface area contributed by atoms with Crippen LogP contribution in [0.3, 0.4) is 0 Å². The summed E-state index contributed by atoms with van der Waals surface area (Å²) in [5, 5.41) is 8.90. The van der Waals surface area contributed by atoms with Gasteiger partial charge in [0.05, 0.1) is 0 Å². The van der Waals surface area contributed by atoms with Crippen molar-refractivity contribution in [2.75, 3.05) is 10.6 Å². The number of rotatable bonds is 4. The SMILES string of the molecule is O=C(Nc1ccc(C(=O)Nc2cccc(Cl)c2)cc1)NC1CC1. The van der Waals surface area contributed by atoms with E-state index < -0.39 is 0 Å². The van der Waals surface area contributed by atoms with Gasteiger partial charge in [0, 0.05) is 28.0 Å². The Morgan fingerprint density at radius 3 is 2.35 bits per heavy atom. The molecule has 2 aromatic carbocycles. The Bertz CT molecular complexity index is 727. The first-order chi connectivity index (χ1) is 11.1. The van der Waals surface area contributed by atoms with E-state index in [0.29, 0.717) is 28.0 Å². The highest BCUT2D eigenvalue weighted by Gasteiger charge is 2.23. The quantitative estimate of drug-likeness (QED) is 0.796. The fourth-order valence-corrected chi connectivity index (χ4v) is 2.24. The molecular weight excluding hydrogens is 314 g/mol. The van der Waals surface area contributed by atoms with Crippen LogP contribution in [0.15, 0.2) is 48.5 Å². The Balaban J connectivity index is 1.59. The Labute approximate surface area is 139 Å². The standard InChI is InChI=1S/C17H16ClN3O2/c18-12-2-1-3-15(10-12)19-16(22)11-4-6-13(7-5-11)20-17(23)21-14-8-9-14/h1-7,10,14H,8-9H2,(H,19,22)(H2,20,21,23). The molecule has 1 aliphatic rings. The first-order valence-electron chi connectivity index (χ1n) is 7.35. The van der Waals surface area contributed by atoms with Gasteiger partial charge in [-0.1, -0.05) is 17.7 Å². The van der Waals surface area contributed by atoms with Crippen LogP contribution in [-0.4, -0.2) is 18.0 Å². The topological polar surface area (TPSA) is 70.2 Å². The summed E-state index contributed by atoms with van der Waals surface area (Å²) in [5.74, 6) is -0.235. The molecule has 1 aliphatic carbocycles. The second kappa shape index (κ2) is 6.71. The van der Waals surface area contributed by atoms with Gasteiger partial charge in [0.25, 0.3) is 5.91 Å². The number of benzene rings is 2. The molecule has 3 rings (SSSR count). The third-order valence-electron chi connectivity index (χ3n) is 3.40. The predicted octanol–water partition coefficient (Wildman–Crippen LogP) is 3.88. The van der Waals surface area contributed by atoms with Crippen molar-refractivity contribution in [1.29, 1.82) is 0 Å². The van der Waals surface area contributed by atoms with Crippen LogP contribution in [0.25, 0.3) is 0 Å². The normalized spacial score (nSPS) is 13.3. The van der Waals surface area contributed by atoms with Crippen molar-refractivity contribution in [3.63, 3.8) is 0 Å². The van der Waals surface area contributed by atoms with Gasteiger partial charge in [0.15, 0.2) is 0 Å². The molecule has 3 amide bonds. The van der Waals surface area contributed by atoms with Gasteiger partial charge in [0.2, 0.25) is 0 Å². The van der Waals surface area contributed by atoms with Crippen LogP contribution in [0.5, 0.6) is 0 Å². The van der Waals surface area contributed by atoms with Crippen LogP contribution in [0.1, 0.15) is 23.2 Å². The average molecular weight is 330 g/mol. The number of nitrogens with one attached hydrogen (secondary N) is 3. The molecule has 3 N–H and O–H groups in total. The first-order valence-corrected chi connectivity index (χ1v) is 7.72. The number of hydrogen-bond donors (Lipinski definition) is 3. The number of halogens is 1. The molecule has 0 aromatic heterocycles. The molecule has 0 bridgehead atoms. The molecule has 0 saturated heterocycles. The van der Waals surface area contributed by atoms with Crippen LogP contribution in [0.4, 0.5) is 16.2 Å². The Kier molecular flexibility index (Phi) is 4.48. The molecule has 23 heavy (non-hydrogen) atoms. The minimum Gasteiger partial charge on any atom is -0.335 e. The van der Waals surface area contributed by atoms with Gasteiger partial charge >= 0.3 is 6.03 Å². The third-order valence-corrected chi connectivity index (χ3v) is 3.64. The summed E-state index contributed by atoms with van der Waals surface area (Å²) >= 11 is 5.89. The minimum absolute atomic E-state index is 0.219. The lowest BCUT2D eigenvalue weighted by atomic mass is 10.2. The Hall–Kier alpha value is -2.53. The van der Waals surface area contributed by atoms with Crippen molar-refractivity contribution in [1.82, 2.24) is 5.32 Å². The zero-order valence-corrected chi connectivity index (χ0v) is 13.1. The van der Waals surface area contributed by atoms with E-state index >= 15 is 0 Å². The molecular formula is C17H16ClN3O2. The Morgan fingerprint density at radius 2 is 1.70 bits per heavy atom. The zero-order valence-electron chi connectivity index (χ0n) is 12.3. The summed E-state index contributed by atoms with van der Waals surface area (Å²) in [6.07, 6.45) is 2.08. The highest BCUT2D eigenvalue weighted by Crippen LogP contribution is 2.19. The van der Waals surface area contributed by atoms with E-state index in [9.17, 15) is 9.59 Å². The van der Waals surface area contributed by atoms with Crippen molar-refractivity contribution in [2.45, 2.75) is 18.9 Å². The number of amides is 3. The molecule has 0 spiro atoms. The number of urea groups is 1. The van der Waals surface area contributed by atoms with Crippen LogP contribution in [0.2, 0.25) is 5.02 Å². The summed E-state index contributed by atoms with van der Waals surface area (Å²) in [6, 6.07) is 13.7. The molecule has 5 nitrogen and oxygen atoms in total. The van der Waals surface area contributed by atoms with Gasteiger partial charge < -0.3 is 16.0 Å². The van der Waals surface area contributed by atoms with Crippen LogP contribution >= 0.6 is 11.6 Å². The largest absolute Gasteiger partial charge is 0.335 e. The lowest BCUT2D eigenvalue weighted by Gasteiger charge is -2.08. The van der Waals surface area contributed by atoms with Crippen molar-refractivity contribution >= 4 is 34.9 Å². The van der Waals surface area contributed by atoms with Gasteiger partial charge in [-0.25, -0.2) is 4.79 Å². The molecule has 1 fully saturated rings. The molecule has 0 radical (unpaired) electrons. The predicted molar refractivity (Wildman–Crippen MR) is 91.0 cm³/mol. The monoisotopic (exact) mass is 329 g/mol. The van der Waals surface area contributed by atoms with Crippen LogP contribution in [0, 0.1) is 0 Å². The summed E-state index contributed by atoms with van der Waals surface area (Å²) < 4.78 is 0. The lowest BCUT2D eigenvalue weighted by Crippen LogP contribution is -2.30. The van der Waals surface area contributed by atoms with E-state index in [1.807, 2.05) is 0 Å². The second-order valence-electron chi connectivity index (χ2n) is 5.41. The average Bonchev–Trinajstić information content (AvgIpc) is 3.31. The zero-order chi connectivity index (χ0) is 16.2. The van der Waals surface area contributed by atoms with Crippen LogP contribution in [-0.2, 0) is 0 Å². The number of hydrogen-bond acceptors (Lipinski definition) is 2. The molecule has 0 atom stereocenters. The van der Waals surface area contributed by atoms with Crippen molar-refractivity contribution < 1.29 is 9.59 Å². The van der Waals surface area contributed by atoms with E-state index in [4.69, 9.17) is 11.6 Å². The maximum atomic E-state index is 12.2. The summed E-state index contributed by atoms with van der Waals surface area (Å²) in [6.45, 7) is 0. The maximum Gasteiger partial charge on any atom is 0.319 e. The fourth-order valence-electron chi connectivity index (χ4n) is 2.05. The van der Waals surface area contributed by atoms with E-state index in [2.05, 4.69) is 16.0 Å². The van der Waals surface area contributed by atoms with E-state index in [1.54, 1.807) is 48.5 Å². The lowest BCUT2D eigenvalue weighted by molar-refractivity contribution is 0.102. The van der Waals surface area contributed by atoms with Gasteiger partial charge in [-0.2, -0.15) is 0 Å². The summed E-state index contributed by atoms with van der Waals surface area (Å²) in [4.78, 5) is 23.8. The summed E-state index contributed by atoms with van der Waals surface area (Å²) in [7, 11) is 0. The van der Waals surface area contributed by atoms with E-state index in [0.717, 1.165) is 12.8 Å². The van der Waals surface area contributed by atoms with Crippen molar-refractivity contribution in [2.24, 2.45) is 0 Å². The first kappa shape index (κ1) is 15.4. The molecule has 2 aromatic rings. The molecule has 118 valence electrons. The molecule has 0 unspecified atom stereocenters. The highest BCUT2D eigenvalue weighted by atomic mass is 35.5.